The summed E-state index contributed by atoms with van der Waals surface area (Å²) < 4.78 is 24.6. The SMILES string of the molecule is CN=C(NCc1cccc(F)c1)NCc1cc(Cl)c2c(c1)OCCCO2. The minimum atomic E-state index is -0.255. The van der Waals surface area contributed by atoms with Crippen LogP contribution in [0.15, 0.2) is 41.4 Å². The largest absolute Gasteiger partial charge is 0.489 e. The molecule has 3 rings (SSSR count). The number of nitrogens with one attached hydrogen (secondary N) is 2. The highest BCUT2D eigenvalue weighted by molar-refractivity contribution is 6.32. The van der Waals surface area contributed by atoms with Crippen molar-refractivity contribution >= 4 is 17.6 Å². The number of rotatable bonds is 4. The topological polar surface area (TPSA) is 54.9 Å². The second kappa shape index (κ2) is 8.76. The third-order valence-corrected chi connectivity index (χ3v) is 4.18. The van der Waals surface area contributed by atoms with Crippen molar-refractivity contribution in [2.45, 2.75) is 19.5 Å². The number of fused-ring (bicyclic) bond motifs is 1. The lowest BCUT2D eigenvalue weighted by atomic mass is 10.2. The first-order valence-corrected chi connectivity index (χ1v) is 8.80. The molecule has 1 aliphatic heterocycles. The molecule has 0 saturated heterocycles. The third kappa shape index (κ3) is 4.79. The number of benzene rings is 2. The lowest BCUT2D eigenvalue weighted by molar-refractivity contribution is 0.297. The van der Waals surface area contributed by atoms with Crippen LogP contribution in [-0.4, -0.2) is 26.2 Å². The zero-order valence-electron chi connectivity index (χ0n) is 14.5. The highest BCUT2D eigenvalue weighted by Crippen LogP contribution is 2.37. The Morgan fingerprint density at radius 2 is 1.88 bits per heavy atom. The molecule has 0 atom stereocenters. The highest BCUT2D eigenvalue weighted by Gasteiger charge is 2.15. The normalized spacial score (nSPS) is 13.9. The minimum Gasteiger partial charge on any atom is -0.489 e. The summed E-state index contributed by atoms with van der Waals surface area (Å²) in [6.07, 6.45) is 0.829. The molecule has 2 aromatic carbocycles. The molecule has 5 nitrogen and oxygen atoms in total. The van der Waals surface area contributed by atoms with Gasteiger partial charge in [-0.15, -0.1) is 0 Å². The lowest BCUT2D eigenvalue weighted by Gasteiger charge is -2.14. The fourth-order valence-corrected chi connectivity index (χ4v) is 2.91. The van der Waals surface area contributed by atoms with E-state index >= 15 is 0 Å². The van der Waals surface area contributed by atoms with Gasteiger partial charge in [0.1, 0.15) is 5.82 Å². The van der Waals surface area contributed by atoms with E-state index < -0.39 is 0 Å². The maximum Gasteiger partial charge on any atom is 0.191 e. The maximum absolute atomic E-state index is 13.2. The molecule has 0 saturated carbocycles. The van der Waals surface area contributed by atoms with E-state index in [2.05, 4.69) is 15.6 Å². The van der Waals surface area contributed by atoms with E-state index in [1.54, 1.807) is 13.1 Å². The second-order valence-corrected chi connectivity index (χ2v) is 6.27. The third-order valence-electron chi connectivity index (χ3n) is 3.89. The van der Waals surface area contributed by atoms with Crippen molar-refractivity contribution in [3.8, 4) is 11.5 Å². The molecule has 7 heteroatoms. The summed E-state index contributed by atoms with van der Waals surface area (Å²) in [7, 11) is 1.68. The van der Waals surface area contributed by atoms with E-state index in [1.807, 2.05) is 18.2 Å². The summed E-state index contributed by atoms with van der Waals surface area (Å²) in [5.74, 6) is 1.61. The van der Waals surface area contributed by atoms with Crippen molar-refractivity contribution in [3.05, 3.63) is 58.4 Å². The van der Waals surface area contributed by atoms with Crippen LogP contribution < -0.4 is 20.1 Å². The van der Waals surface area contributed by atoms with Gasteiger partial charge in [0.15, 0.2) is 17.5 Å². The zero-order valence-corrected chi connectivity index (χ0v) is 15.3. The van der Waals surface area contributed by atoms with Gasteiger partial charge in [-0.3, -0.25) is 4.99 Å². The second-order valence-electron chi connectivity index (χ2n) is 5.86. The predicted octanol–water partition coefficient (Wildman–Crippen LogP) is 3.51. The molecule has 1 heterocycles. The van der Waals surface area contributed by atoms with E-state index in [-0.39, 0.29) is 5.82 Å². The quantitative estimate of drug-likeness (QED) is 0.632. The molecular weight excluding hydrogens is 357 g/mol. The van der Waals surface area contributed by atoms with E-state index in [0.29, 0.717) is 48.8 Å². The minimum absolute atomic E-state index is 0.255. The molecule has 0 bridgehead atoms. The summed E-state index contributed by atoms with van der Waals surface area (Å²) in [5, 5.41) is 6.90. The van der Waals surface area contributed by atoms with Crippen LogP contribution in [0.5, 0.6) is 11.5 Å². The number of hydrogen-bond acceptors (Lipinski definition) is 3. The molecule has 0 fully saturated rings. The molecule has 2 aromatic rings. The number of ether oxygens (including phenoxy) is 2. The van der Waals surface area contributed by atoms with Crippen molar-refractivity contribution in [1.29, 1.82) is 0 Å². The van der Waals surface area contributed by atoms with Gasteiger partial charge in [-0.25, -0.2) is 4.39 Å². The Bertz CT molecular complexity index is 798. The van der Waals surface area contributed by atoms with Crippen LogP contribution >= 0.6 is 11.6 Å². The van der Waals surface area contributed by atoms with Gasteiger partial charge < -0.3 is 20.1 Å². The van der Waals surface area contributed by atoms with Crippen molar-refractivity contribution < 1.29 is 13.9 Å². The first kappa shape index (κ1) is 18.3. The molecule has 0 amide bonds. The van der Waals surface area contributed by atoms with Crippen LogP contribution in [-0.2, 0) is 13.1 Å². The first-order chi connectivity index (χ1) is 12.7. The summed E-state index contributed by atoms with van der Waals surface area (Å²) in [4.78, 5) is 4.18. The Hall–Kier alpha value is -2.47. The first-order valence-electron chi connectivity index (χ1n) is 8.42. The Morgan fingerprint density at radius 3 is 2.65 bits per heavy atom. The maximum atomic E-state index is 13.2. The van der Waals surface area contributed by atoms with Gasteiger partial charge in [-0.1, -0.05) is 23.7 Å². The average Bonchev–Trinajstić information content (AvgIpc) is 2.88. The van der Waals surface area contributed by atoms with E-state index in [9.17, 15) is 4.39 Å². The van der Waals surface area contributed by atoms with Gasteiger partial charge in [-0.2, -0.15) is 0 Å². The molecule has 0 aliphatic carbocycles. The van der Waals surface area contributed by atoms with Crippen LogP contribution in [0, 0.1) is 5.82 Å². The Labute approximate surface area is 157 Å². The fraction of sp³-hybridized carbons (Fsp3) is 0.316. The number of halogens is 2. The molecule has 0 radical (unpaired) electrons. The van der Waals surface area contributed by atoms with Gasteiger partial charge >= 0.3 is 0 Å². The van der Waals surface area contributed by atoms with Crippen LogP contribution in [0.3, 0.4) is 0 Å². The van der Waals surface area contributed by atoms with Crippen molar-refractivity contribution in [2.75, 3.05) is 20.3 Å². The van der Waals surface area contributed by atoms with Crippen molar-refractivity contribution in [1.82, 2.24) is 10.6 Å². The summed E-state index contributed by atoms with van der Waals surface area (Å²) in [6, 6.07) is 10.2. The summed E-state index contributed by atoms with van der Waals surface area (Å²) in [5.41, 5.74) is 1.79. The summed E-state index contributed by atoms with van der Waals surface area (Å²) >= 11 is 6.31. The average molecular weight is 378 g/mol. The van der Waals surface area contributed by atoms with Crippen molar-refractivity contribution in [3.63, 3.8) is 0 Å². The van der Waals surface area contributed by atoms with E-state index in [4.69, 9.17) is 21.1 Å². The summed E-state index contributed by atoms with van der Waals surface area (Å²) in [6.45, 7) is 2.19. The van der Waals surface area contributed by atoms with Gasteiger partial charge in [0.05, 0.1) is 18.2 Å². The zero-order chi connectivity index (χ0) is 18.4. The highest BCUT2D eigenvalue weighted by atomic mass is 35.5. The number of hydrogen-bond donors (Lipinski definition) is 2. The Balaban J connectivity index is 1.60. The van der Waals surface area contributed by atoms with Crippen LogP contribution in [0.1, 0.15) is 17.5 Å². The molecule has 0 spiro atoms. The predicted molar refractivity (Wildman–Crippen MR) is 100 cm³/mol. The number of nitrogens with zero attached hydrogens (tertiary/aromatic N) is 1. The fourth-order valence-electron chi connectivity index (χ4n) is 2.63. The lowest BCUT2D eigenvalue weighted by Crippen LogP contribution is -2.36. The monoisotopic (exact) mass is 377 g/mol. The Kier molecular flexibility index (Phi) is 6.17. The standard InChI is InChI=1S/C19H21ClFN3O2/c1-22-19(23-11-13-4-2-5-15(21)8-13)24-12-14-9-16(20)18-17(10-14)25-6-3-7-26-18/h2,4-5,8-10H,3,6-7,11-12H2,1H3,(H2,22,23,24). The molecular formula is C19H21ClFN3O2. The Morgan fingerprint density at radius 1 is 1.12 bits per heavy atom. The molecule has 0 unspecified atom stereocenters. The van der Waals surface area contributed by atoms with Crippen LogP contribution in [0.4, 0.5) is 4.39 Å². The van der Waals surface area contributed by atoms with Crippen molar-refractivity contribution in [2.24, 2.45) is 4.99 Å². The van der Waals surface area contributed by atoms with Gasteiger partial charge in [-0.05, 0) is 35.4 Å². The smallest absolute Gasteiger partial charge is 0.191 e. The molecule has 26 heavy (non-hydrogen) atoms. The van der Waals surface area contributed by atoms with Gasteiger partial charge in [0.25, 0.3) is 0 Å². The van der Waals surface area contributed by atoms with E-state index in [0.717, 1.165) is 17.5 Å². The number of guanidine groups is 1. The molecule has 1 aliphatic rings. The van der Waals surface area contributed by atoms with Gasteiger partial charge in [0.2, 0.25) is 0 Å². The molecule has 2 N–H and O–H groups in total. The van der Waals surface area contributed by atoms with Gasteiger partial charge in [0, 0.05) is 26.6 Å². The van der Waals surface area contributed by atoms with E-state index in [1.165, 1.54) is 12.1 Å². The van der Waals surface area contributed by atoms with Crippen LogP contribution in [0.2, 0.25) is 5.02 Å². The number of aliphatic imine (C=N–C) groups is 1. The molecule has 138 valence electrons. The van der Waals surface area contributed by atoms with Crippen LogP contribution in [0.25, 0.3) is 0 Å². The molecule has 0 aromatic heterocycles.